The predicted octanol–water partition coefficient (Wildman–Crippen LogP) is 4.13. The summed E-state index contributed by atoms with van der Waals surface area (Å²) in [7, 11) is 0.809. The summed E-state index contributed by atoms with van der Waals surface area (Å²) in [6.07, 6.45) is 1.89. The van der Waals surface area contributed by atoms with Gasteiger partial charge in [0.15, 0.2) is 0 Å². The van der Waals surface area contributed by atoms with E-state index in [-0.39, 0.29) is 62.1 Å². The van der Waals surface area contributed by atoms with Gasteiger partial charge < -0.3 is 24.6 Å². The number of ether oxygens (including phenoxy) is 2. The normalized spacial score (nSPS) is 24.3. The van der Waals surface area contributed by atoms with Gasteiger partial charge in [-0.2, -0.15) is 0 Å². The van der Waals surface area contributed by atoms with Crippen molar-refractivity contribution in [3.63, 3.8) is 0 Å². The van der Waals surface area contributed by atoms with Crippen molar-refractivity contribution in [1.29, 1.82) is 0 Å². The average molecular weight is 758 g/mol. The largest absolute Gasteiger partial charge is 0.466 e. The first kappa shape index (κ1) is 37.1. The van der Waals surface area contributed by atoms with Gasteiger partial charge in [-0.05, 0) is 48.9 Å². The Hall–Kier alpha value is -3.71. The number of piperazine rings is 1. The minimum atomic E-state index is -1.62. The van der Waals surface area contributed by atoms with Crippen LogP contribution in [0.4, 0.5) is 0 Å². The zero-order valence-corrected chi connectivity index (χ0v) is 31.2. The Kier molecular flexibility index (Phi) is 11.5. The van der Waals surface area contributed by atoms with Crippen molar-refractivity contribution in [3.05, 3.63) is 86.7 Å². The van der Waals surface area contributed by atoms with E-state index in [9.17, 15) is 23.4 Å². The molecule has 0 spiro atoms. The number of carbonyl (C=O) groups is 4. The number of esters is 2. The van der Waals surface area contributed by atoms with Crippen LogP contribution < -0.4 is 5.32 Å². The highest BCUT2D eigenvalue weighted by molar-refractivity contribution is 7.85. The monoisotopic (exact) mass is 756 g/mol. The van der Waals surface area contributed by atoms with Crippen LogP contribution in [0.3, 0.4) is 0 Å². The van der Waals surface area contributed by atoms with Crippen molar-refractivity contribution >= 4 is 57.8 Å². The van der Waals surface area contributed by atoms with E-state index in [1.807, 2.05) is 11.0 Å². The molecule has 1 saturated carbocycles. The second kappa shape index (κ2) is 15.9. The van der Waals surface area contributed by atoms with E-state index in [0.29, 0.717) is 49.0 Å². The van der Waals surface area contributed by atoms with Crippen molar-refractivity contribution in [1.82, 2.24) is 20.0 Å². The molecule has 14 heteroatoms. The third-order valence-electron chi connectivity index (χ3n) is 10.6. The average Bonchev–Trinajstić information content (AvgIpc) is 3.72. The molecule has 3 aliphatic heterocycles. The van der Waals surface area contributed by atoms with Crippen molar-refractivity contribution < 1.29 is 32.9 Å². The van der Waals surface area contributed by atoms with Gasteiger partial charge in [-0.15, -0.1) is 0 Å². The summed E-state index contributed by atoms with van der Waals surface area (Å²) in [6.45, 7) is 5.75. The van der Waals surface area contributed by atoms with Crippen molar-refractivity contribution in [3.8, 4) is 0 Å². The lowest BCUT2D eigenvalue weighted by Gasteiger charge is -2.39. The van der Waals surface area contributed by atoms with Gasteiger partial charge in [0, 0.05) is 84.1 Å². The Balaban J connectivity index is 1.28. The van der Waals surface area contributed by atoms with E-state index in [0.717, 1.165) is 25.9 Å². The molecule has 0 radical (unpaired) electrons. The molecule has 2 saturated heterocycles. The van der Waals surface area contributed by atoms with E-state index in [4.69, 9.17) is 32.7 Å². The van der Waals surface area contributed by atoms with E-state index < -0.39 is 28.7 Å². The molecule has 4 atom stereocenters. The van der Waals surface area contributed by atoms with Crippen LogP contribution in [0, 0.1) is 11.8 Å². The smallest absolute Gasteiger partial charge is 0.336 e. The molecule has 6 rings (SSSR count). The minimum absolute atomic E-state index is 0.00486. The van der Waals surface area contributed by atoms with Gasteiger partial charge in [0.2, 0.25) is 11.8 Å². The van der Waals surface area contributed by atoms with E-state index in [1.165, 1.54) is 14.2 Å². The van der Waals surface area contributed by atoms with Crippen molar-refractivity contribution in [2.75, 3.05) is 59.2 Å². The molecular weight excluding hydrogens is 715 g/mol. The number of nitrogens with zero attached hydrogens (tertiary/aromatic N) is 3. The molecule has 3 heterocycles. The lowest BCUT2D eigenvalue weighted by atomic mass is 9.79. The lowest BCUT2D eigenvalue weighted by Crippen LogP contribution is -2.52. The number of hydrogen-bond donors (Lipinski definition) is 1. The standard InChI is InChI=1S/C37H42Cl2N4O7S/c1-22(44)43-19-23-16-25(17-24(23)20-43)41-12-14-42(15-13-41)31(45)18-29-33(36(46)49-2)35(32-27(38)10-7-11-28(32)39)34(37(47)50-3)30(40-29)21-51(48)26-8-5-4-6-9-26/h4-11,23-25,35,40H,12-21H2,1-3H3. The van der Waals surface area contributed by atoms with Crippen LogP contribution in [0.2, 0.25) is 10.0 Å². The zero-order valence-electron chi connectivity index (χ0n) is 28.9. The molecular formula is C37H42Cl2N4O7S. The summed E-state index contributed by atoms with van der Waals surface area (Å²) < 4.78 is 24.1. The molecule has 4 aliphatic rings. The van der Waals surface area contributed by atoms with Gasteiger partial charge in [-0.1, -0.05) is 47.5 Å². The number of rotatable bonds is 9. The molecule has 51 heavy (non-hydrogen) atoms. The molecule has 2 aromatic carbocycles. The molecule has 4 unspecified atom stereocenters. The fourth-order valence-corrected chi connectivity index (χ4v) is 9.78. The fourth-order valence-electron chi connectivity index (χ4n) is 8.05. The van der Waals surface area contributed by atoms with Crippen LogP contribution >= 0.6 is 23.2 Å². The maximum absolute atomic E-state index is 14.0. The van der Waals surface area contributed by atoms with Crippen LogP contribution in [-0.2, 0) is 39.5 Å². The van der Waals surface area contributed by atoms with Gasteiger partial charge in [0.1, 0.15) is 0 Å². The first-order chi connectivity index (χ1) is 24.5. The number of hydrogen-bond acceptors (Lipinski definition) is 9. The Labute approximate surface area is 310 Å². The van der Waals surface area contributed by atoms with Gasteiger partial charge >= 0.3 is 11.9 Å². The van der Waals surface area contributed by atoms with Gasteiger partial charge in [0.25, 0.3) is 0 Å². The van der Waals surface area contributed by atoms with Crippen molar-refractivity contribution in [2.24, 2.45) is 11.8 Å². The topological polar surface area (TPSA) is 126 Å². The molecule has 0 bridgehead atoms. The summed E-state index contributed by atoms with van der Waals surface area (Å²) in [5.74, 6) is -1.93. The highest BCUT2D eigenvalue weighted by atomic mass is 35.5. The van der Waals surface area contributed by atoms with E-state index in [2.05, 4.69) is 10.2 Å². The minimum Gasteiger partial charge on any atom is -0.466 e. The number of carbonyl (C=O) groups excluding carboxylic acids is 4. The number of dihydropyridines is 1. The second-order valence-corrected chi connectivity index (χ2v) is 15.7. The van der Waals surface area contributed by atoms with Gasteiger partial charge in [0.05, 0.1) is 54.3 Å². The maximum atomic E-state index is 14.0. The molecule has 1 N–H and O–H groups in total. The Morgan fingerprint density at radius 3 is 1.92 bits per heavy atom. The molecule has 272 valence electrons. The number of methoxy groups -OCH3 is 2. The summed E-state index contributed by atoms with van der Waals surface area (Å²) in [5, 5.41) is 3.55. The molecule has 2 aromatic rings. The van der Waals surface area contributed by atoms with E-state index >= 15 is 0 Å². The fraction of sp³-hybridized carbons (Fsp3) is 0.459. The SMILES string of the molecule is COC(=O)C1=C(CC(=O)N2CCN(C3CC4CN(C(C)=O)CC4C3)CC2)NC(CS(=O)c2ccccc2)=C(C(=O)OC)C1c1c(Cl)cccc1Cl. The third-order valence-corrected chi connectivity index (χ3v) is 12.6. The zero-order chi connectivity index (χ0) is 36.4. The summed E-state index contributed by atoms with van der Waals surface area (Å²) in [5.41, 5.74) is 0.681. The Bertz CT molecular complexity index is 1760. The predicted molar refractivity (Wildman–Crippen MR) is 193 cm³/mol. The summed E-state index contributed by atoms with van der Waals surface area (Å²) in [4.78, 5) is 59.9. The first-order valence-corrected chi connectivity index (χ1v) is 19.1. The van der Waals surface area contributed by atoms with Crippen molar-refractivity contribution in [2.45, 2.75) is 43.0 Å². The highest BCUT2D eigenvalue weighted by Crippen LogP contribution is 2.46. The van der Waals surface area contributed by atoms with Crippen LogP contribution in [0.15, 0.2) is 76.0 Å². The summed E-state index contributed by atoms with van der Waals surface area (Å²) in [6, 6.07) is 14.0. The molecule has 2 amide bonds. The summed E-state index contributed by atoms with van der Waals surface area (Å²) >= 11 is 13.4. The van der Waals surface area contributed by atoms with E-state index in [1.54, 1.807) is 54.3 Å². The number of nitrogens with one attached hydrogen (secondary N) is 1. The van der Waals surface area contributed by atoms with Crippen LogP contribution in [0.1, 0.15) is 37.7 Å². The number of fused-ring (bicyclic) bond motifs is 1. The van der Waals surface area contributed by atoms with Gasteiger partial charge in [-0.3, -0.25) is 18.7 Å². The Morgan fingerprint density at radius 1 is 0.804 bits per heavy atom. The molecule has 11 nitrogen and oxygen atoms in total. The molecule has 0 aromatic heterocycles. The second-order valence-electron chi connectivity index (χ2n) is 13.4. The van der Waals surface area contributed by atoms with Crippen LogP contribution in [-0.4, -0.2) is 108 Å². The Morgan fingerprint density at radius 2 is 1.37 bits per heavy atom. The van der Waals surface area contributed by atoms with Crippen LogP contribution in [0.25, 0.3) is 0 Å². The quantitative estimate of drug-likeness (QED) is 0.376. The number of likely N-dealkylation sites (tertiary alicyclic amines) is 1. The van der Waals surface area contributed by atoms with Crippen LogP contribution in [0.5, 0.6) is 0 Å². The lowest BCUT2D eigenvalue weighted by molar-refractivity contribution is -0.137. The van der Waals surface area contributed by atoms with Gasteiger partial charge in [-0.25, -0.2) is 9.59 Å². The highest BCUT2D eigenvalue weighted by Gasteiger charge is 2.45. The third kappa shape index (κ3) is 7.74. The number of halogens is 2. The maximum Gasteiger partial charge on any atom is 0.336 e. The number of benzene rings is 2. The molecule has 3 fully saturated rings. The number of amides is 2. The molecule has 1 aliphatic carbocycles. The first-order valence-electron chi connectivity index (χ1n) is 17.0.